The molecule has 0 spiro atoms. The molecule has 0 atom stereocenters. The van der Waals surface area contributed by atoms with Crippen LogP contribution >= 0.6 is 0 Å². The number of nitrogens with one attached hydrogen (secondary N) is 1. The molecule has 3 aromatic rings. The van der Waals surface area contributed by atoms with Crippen molar-refractivity contribution in [1.82, 2.24) is 19.4 Å². The Bertz CT molecular complexity index is 938. The maximum Gasteiger partial charge on any atom is 0.252 e. The molecule has 130 valence electrons. The van der Waals surface area contributed by atoms with Crippen LogP contribution in [0.2, 0.25) is 0 Å². The predicted molar refractivity (Wildman–Crippen MR) is 97.5 cm³/mol. The van der Waals surface area contributed by atoms with Gasteiger partial charge in [-0.3, -0.25) is 14.2 Å². The van der Waals surface area contributed by atoms with Gasteiger partial charge in [0.1, 0.15) is 6.54 Å². The molecule has 1 amide bonds. The number of rotatable bonds is 6. The zero-order valence-electron chi connectivity index (χ0n) is 14.5. The first-order valence-corrected chi connectivity index (χ1v) is 8.44. The number of imidazole rings is 1. The van der Waals surface area contributed by atoms with Crippen LogP contribution in [-0.4, -0.2) is 26.6 Å². The average molecular weight is 338 g/mol. The zero-order valence-corrected chi connectivity index (χ0v) is 14.5. The number of carbonyl (C=O) groups excluding carboxylic acids is 1. The summed E-state index contributed by atoms with van der Waals surface area (Å²) in [5.41, 5.74) is 3.76. The highest BCUT2D eigenvalue weighted by Crippen LogP contribution is 2.09. The van der Waals surface area contributed by atoms with Gasteiger partial charge >= 0.3 is 0 Å². The molecule has 2 aromatic heterocycles. The number of amides is 1. The Labute approximate surface area is 146 Å². The van der Waals surface area contributed by atoms with Gasteiger partial charge < -0.3 is 9.88 Å². The lowest BCUT2D eigenvalue weighted by molar-refractivity contribution is -0.121. The largest absolute Gasteiger partial charge is 0.354 e. The minimum Gasteiger partial charge on any atom is -0.354 e. The number of hydrogen-bond donors (Lipinski definition) is 1. The molecule has 2 heterocycles. The van der Waals surface area contributed by atoms with Crippen molar-refractivity contribution in [1.29, 1.82) is 0 Å². The molecule has 0 fully saturated rings. The van der Waals surface area contributed by atoms with Crippen LogP contribution in [0.1, 0.15) is 18.1 Å². The van der Waals surface area contributed by atoms with Crippen molar-refractivity contribution in [3.05, 3.63) is 64.2 Å². The lowest BCUT2D eigenvalue weighted by atomic mass is 10.1. The highest BCUT2D eigenvalue weighted by molar-refractivity contribution is 5.79. The van der Waals surface area contributed by atoms with Gasteiger partial charge in [0, 0.05) is 19.7 Å². The van der Waals surface area contributed by atoms with Gasteiger partial charge in [-0.05, 0) is 30.0 Å². The van der Waals surface area contributed by atoms with E-state index in [1.165, 1.54) is 21.8 Å². The van der Waals surface area contributed by atoms with Crippen molar-refractivity contribution in [3.63, 3.8) is 0 Å². The van der Waals surface area contributed by atoms with Crippen LogP contribution < -0.4 is 10.9 Å². The van der Waals surface area contributed by atoms with E-state index >= 15 is 0 Å². The van der Waals surface area contributed by atoms with Crippen LogP contribution in [-0.2, 0) is 31.2 Å². The summed E-state index contributed by atoms with van der Waals surface area (Å²) in [5, 5.41) is 2.93. The van der Waals surface area contributed by atoms with Crippen LogP contribution in [0.5, 0.6) is 0 Å². The van der Waals surface area contributed by atoms with Gasteiger partial charge in [-0.25, -0.2) is 4.98 Å². The minimum absolute atomic E-state index is 0.0710. The standard InChI is InChI=1S/C19H22N4O2/c1-3-14-4-6-15(7-5-14)10-11-20-17(24)12-23-13-21-19-16(23)8-9-18(25)22(19)2/h4-9,13H,3,10-12H2,1-2H3,(H,20,24). The number of hydrogen-bond acceptors (Lipinski definition) is 3. The summed E-state index contributed by atoms with van der Waals surface area (Å²) in [7, 11) is 1.67. The maximum atomic E-state index is 12.2. The molecule has 0 aliphatic carbocycles. The fraction of sp³-hybridized carbons (Fsp3) is 0.316. The van der Waals surface area contributed by atoms with Crippen LogP contribution in [0.25, 0.3) is 11.2 Å². The first kappa shape index (κ1) is 17.0. The molecule has 6 heteroatoms. The summed E-state index contributed by atoms with van der Waals surface area (Å²) in [5.74, 6) is -0.0710. The lowest BCUT2D eigenvalue weighted by Gasteiger charge is -2.08. The highest BCUT2D eigenvalue weighted by Gasteiger charge is 2.09. The van der Waals surface area contributed by atoms with Crippen LogP contribution in [0.3, 0.4) is 0 Å². The SMILES string of the molecule is CCc1ccc(CCNC(=O)Cn2cnc3c2ccc(=O)n3C)cc1. The Kier molecular flexibility index (Phi) is 4.97. The van der Waals surface area contributed by atoms with Gasteiger partial charge in [-0.2, -0.15) is 0 Å². The molecule has 0 radical (unpaired) electrons. The summed E-state index contributed by atoms with van der Waals surface area (Å²) in [6, 6.07) is 11.6. The minimum atomic E-state index is -0.115. The number of pyridine rings is 1. The molecule has 0 saturated carbocycles. The van der Waals surface area contributed by atoms with E-state index in [9.17, 15) is 9.59 Å². The lowest BCUT2D eigenvalue weighted by Crippen LogP contribution is -2.29. The van der Waals surface area contributed by atoms with Crippen LogP contribution in [0.4, 0.5) is 0 Å². The van der Waals surface area contributed by atoms with Gasteiger partial charge in [0.25, 0.3) is 5.56 Å². The Balaban J connectivity index is 1.57. The number of nitrogens with zero attached hydrogens (tertiary/aromatic N) is 3. The predicted octanol–water partition coefficient (Wildman–Crippen LogP) is 1.66. The second kappa shape index (κ2) is 7.34. The Morgan fingerprint density at radius 1 is 1.12 bits per heavy atom. The summed E-state index contributed by atoms with van der Waals surface area (Å²) in [6.45, 7) is 2.91. The van der Waals surface area contributed by atoms with E-state index in [0.29, 0.717) is 12.2 Å². The zero-order chi connectivity index (χ0) is 17.8. The monoisotopic (exact) mass is 338 g/mol. The normalized spacial score (nSPS) is 11.0. The molecule has 0 aliphatic rings. The number of aromatic nitrogens is 3. The Morgan fingerprint density at radius 3 is 2.56 bits per heavy atom. The van der Waals surface area contributed by atoms with E-state index < -0.39 is 0 Å². The second-order valence-electron chi connectivity index (χ2n) is 6.08. The van der Waals surface area contributed by atoms with Crippen molar-refractivity contribution >= 4 is 17.1 Å². The van der Waals surface area contributed by atoms with Crippen molar-refractivity contribution in [2.75, 3.05) is 6.54 Å². The molecule has 25 heavy (non-hydrogen) atoms. The van der Waals surface area contributed by atoms with Gasteiger partial charge in [0.05, 0.1) is 11.8 Å². The molecule has 6 nitrogen and oxygen atoms in total. The van der Waals surface area contributed by atoms with Gasteiger partial charge in [0.2, 0.25) is 5.91 Å². The molecule has 0 aliphatic heterocycles. The third kappa shape index (κ3) is 3.79. The quantitative estimate of drug-likeness (QED) is 0.743. The summed E-state index contributed by atoms with van der Waals surface area (Å²) in [4.78, 5) is 28.0. The first-order valence-electron chi connectivity index (χ1n) is 8.44. The van der Waals surface area contributed by atoms with Crippen molar-refractivity contribution in [2.45, 2.75) is 26.3 Å². The molecule has 0 bridgehead atoms. The number of carbonyl (C=O) groups is 1. The third-order valence-corrected chi connectivity index (χ3v) is 4.37. The van der Waals surface area contributed by atoms with E-state index in [1.54, 1.807) is 24.0 Å². The van der Waals surface area contributed by atoms with E-state index in [-0.39, 0.29) is 18.0 Å². The van der Waals surface area contributed by atoms with E-state index in [2.05, 4.69) is 41.5 Å². The number of fused-ring (bicyclic) bond motifs is 1. The summed E-state index contributed by atoms with van der Waals surface area (Å²) >= 11 is 0. The summed E-state index contributed by atoms with van der Waals surface area (Å²) < 4.78 is 3.23. The molecule has 3 rings (SSSR count). The molecule has 0 saturated heterocycles. The number of aryl methyl sites for hydroxylation is 2. The topological polar surface area (TPSA) is 68.9 Å². The third-order valence-electron chi connectivity index (χ3n) is 4.37. The van der Waals surface area contributed by atoms with Crippen molar-refractivity contribution in [3.8, 4) is 0 Å². The fourth-order valence-electron chi connectivity index (χ4n) is 2.80. The molecular formula is C19H22N4O2. The molecular weight excluding hydrogens is 316 g/mol. The summed E-state index contributed by atoms with van der Waals surface area (Å²) in [6.07, 6.45) is 3.42. The smallest absolute Gasteiger partial charge is 0.252 e. The molecule has 1 aromatic carbocycles. The van der Waals surface area contributed by atoms with E-state index in [1.807, 2.05) is 0 Å². The molecule has 1 N–H and O–H groups in total. The Hall–Kier alpha value is -2.89. The van der Waals surface area contributed by atoms with Crippen LogP contribution in [0.15, 0.2) is 47.5 Å². The Morgan fingerprint density at radius 2 is 1.84 bits per heavy atom. The van der Waals surface area contributed by atoms with Crippen molar-refractivity contribution < 1.29 is 4.79 Å². The van der Waals surface area contributed by atoms with Gasteiger partial charge in [0.15, 0.2) is 5.65 Å². The van der Waals surface area contributed by atoms with Crippen LogP contribution in [0, 0.1) is 0 Å². The van der Waals surface area contributed by atoms with E-state index in [0.717, 1.165) is 18.4 Å². The average Bonchev–Trinajstić information content (AvgIpc) is 3.02. The maximum absolute atomic E-state index is 12.2. The van der Waals surface area contributed by atoms with Crippen molar-refractivity contribution in [2.24, 2.45) is 7.05 Å². The van der Waals surface area contributed by atoms with E-state index in [4.69, 9.17) is 0 Å². The van der Waals surface area contributed by atoms with Gasteiger partial charge in [-0.1, -0.05) is 31.2 Å². The highest BCUT2D eigenvalue weighted by atomic mass is 16.2. The first-order chi connectivity index (χ1) is 12.1. The van der Waals surface area contributed by atoms with Gasteiger partial charge in [-0.15, -0.1) is 0 Å². The second-order valence-corrected chi connectivity index (χ2v) is 6.08. The fourth-order valence-corrected chi connectivity index (χ4v) is 2.80. The number of benzene rings is 1. The molecule has 0 unspecified atom stereocenters.